The Kier molecular flexibility index (Phi) is 11.8. The Hall–Kier alpha value is -0.870. The average Bonchev–Trinajstić information content (AvgIpc) is 3.22. The maximum atomic E-state index is 5.65. The van der Waals surface area contributed by atoms with Gasteiger partial charge in [-0.15, -0.1) is 24.0 Å². The quantitative estimate of drug-likeness (QED) is 0.239. The van der Waals surface area contributed by atoms with Crippen molar-refractivity contribution in [3.63, 3.8) is 0 Å². The van der Waals surface area contributed by atoms with Gasteiger partial charge in [-0.25, -0.2) is 0 Å². The summed E-state index contributed by atoms with van der Waals surface area (Å²) in [5.41, 5.74) is 1.18. The van der Waals surface area contributed by atoms with Crippen molar-refractivity contribution >= 4 is 29.9 Å². The number of ether oxygens (including phenoxy) is 2. The molecule has 1 fully saturated rings. The predicted molar refractivity (Wildman–Crippen MR) is 111 cm³/mol. The van der Waals surface area contributed by atoms with Crippen molar-refractivity contribution < 1.29 is 9.47 Å². The Balaban J connectivity index is 0.00000312. The van der Waals surface area contributed by atoms with Crippen LogP contribution in [0.15, 0.2) is 17.4 Å². The predicted octanol–water partition coefficient (Wildman–Crippen LogP) is 1.95. The number of rotatable bonds is 10. The number of aryl methyl sites for hydroxylation is 1. The zero-order chi connectivity index (χ0) is 17.0. The van der Waals surface area contributed by atoms with E-state index in [0.717, 1.165) is 64.6 Å². The Bertz CT molecular complexity index is 489. The lowest BCUT2D eigenvalue weighted by molar-refractivity contribution is 0.0171. The number of aromatic nitrogens is 2. The summed E-state index contributed by atoms with van der Waals surface area (Å²) in [5.74, 6) is 0.848. The molecule has 8 heteroatoms. The molecule has 2 N–H and O–H groups in total. The topological polar surface area (TPSA) is 72.7 Å². The second-order valence-electron chi connectivity index (χ2n) is 6.03. The van der Waals surface area contributed by atoms with Crippen LogP contribution in [0.5, 0.6) is 0 Å². The molecule has 0 aromatic carbocycles. The average molecular weight is 465 g/mol. The van der Waals surface area contributed by atoms with E-state index in [1.165, 1.54) is 5.56 Å². The molecule has 144 valence electrons. The molecule has 1 atom stereocenters. The summed E-state index contributed by atoms with van der Waals surface area (Å²) >= 11 is 0. The molecular formula is C17H32IN5O2. The molecule has 25 heavy (non-hydrogen) atoms. The summed E-state index contributed by atoms with van der Waals surface area (Å²) in [5, 5.41) is 10.9. The van der Waals surface area contributed by atoms with Gasteiger partial charge >= 0.3 is 0 Å². The van der Waals surface area contributed by atoms with E-state index in [9.17, 15) is 0 Å². The molecule has 1 aromatic rings. The summed E-state index contributed by atoms with van der Waals surface area (Å²) in [4.78, 5) is 4.57. The SMILES string of the molecule is CCNC(=NCCCOCC1CCCO1)NCCn1cc(C)cn1.I. The molecule has 2 heterocycles. The molecule has 0 saturated carbocycles. The van der Waals surface area contributed by atoms with Gasteiger partial charge < -0.3 is 20.1 Å². The first kappa shape index (κ1) is 22.2. The first-order valence-electron chi connectivity index (χ1n) is 8.98. The molecule has 1 unspecified atom stereocenters. The van der Waals surface area contributed by atoms with Gasteiger partial charge in [-0.1, -0.05) is 0 Å². The highest BCUT2D eigenvalue weighted by atomic mass is 127. The number of nitrogens with zero attached hydrogens (tertiary/aromatic N) is 3. The molecule has 7 nitrogen and oxygen atoms in total. The van der Waals surface area contributed by atoms with Gasteiger partial charge in [-0.3, -0.25) is 9.67 Å². The molecule has 0 bridgehead atoms. The number of hydrogen-bond acceptors (Lipinski definition) is 4. The second-order valence-corrected chi connectivity index (χ2v) is 6.03. The molecule has 2 rings (SSSR count). The Morgan fingerprint density at radius 1 is 1.48 bits per heavy atom. The summed E-state index contributed by atoms with van der Waals surface area (Å²) in [6.07, 6.45) is 7.42. The smallest absolute Gasteiger partial charge is 0.191 e. The van der Waals surface area contributed by atoms with Crippen LogP contribution in [-0.4, -0.2) is 61.3 Å². The first-order chi connectivity index (χ1) is 11.8. The zero-order valence-electron chi connectivity index (χ0n) is 15.4. The van der Waals surface area contributed by atoms with Crippen molar-refractivity contribution in [3.05, 3.63) is 18.0 Å². The van der Waals surface area contributed by atoms with E-state index in [1.54, 1.807) is 0 Å². The summed E-state index contributed by atoms with van der Waals surface area (Å²) in [7, 11) is 0. The van der Waals surface area contributed by atoms with E-state index in [-0.39, 0.29) is 24.0 Å². The van der Waals surface area contributed by atoms with Crippen LogP contribution in [0.1, 0.15) is 31.7 Å². The lowest BCUT2D eigenvalue weighted by atomic mass is 10.2. The fraction of sp³-hybridized carbons (Fsp3) is 0.765. The van der Waals surface area contributed by atoms with Crippen LogP contribution < -0.4 is 10.6 Å². The van der Waals surface area contributed by atoms with E-state index in [1.807, 2.05) is 24.0 Å². The standard InChI is InChI=1S/C17H31N5O2.HI/c1-3-18-17(20-8-9-22-13-15(2)12-21-22)19-7-5-10-23-14-16-6-4-11-24-16;/h12-13,16H,3-11,14H2,1-2H3,(H2,18,19,20);1H. The van der Waals surface area contributed by atoms with Crippen LogP contribution in [0.3, 0.4) is 0 Å². The second kappa shape index (κ2) is 13.3. The summed E-state index contributed by atoms with van der Waals surface area (Å²) in [6, 6.07) is 0. The van der Waals surface area contributed by atoms with Crippen LogP contribution in [0.2, 0.25) is 0 Å². The number of halogens is 1. The monoisotopic (exact) mass is 465 g/mol. The minimum absolute atomic E-state index is 0. The van der Waals surface area contributed by atoms with E-state index >= 15 is 0 Å². The van der Waals surface area contributed by atoms with E-state index in [0.29, 0.717) is 12.7 Å². The first-order valence-corrected chi connectivity index (χ1v) is 8.98. The largest absolute Gasteiger partial charge is 0.379 e. The third-order valence-corrected chi connectivity index (χ3v) is 3.78. The van der Waals surface area contributed by atoms with Crippen molar-refractivity contribution in [2.75, 3.05) is 39.5 Å². The number of aliphatic imine (C=N–C) groups is 1. The van der Waals surface area contributed by atoms with Crippen LogP contribution in [0.4, 0.5) is 0 Å². The zero-order valence-corrected chi connectivity index (χ0v) is 17.7. The lowest BCUT2D eigenvalue weighted by Gasteiger charge is -2.12. The highest BCUT2D eigenvalue weighted by Gasteiger charge is 2.14. The number of hydrogen-bond donors (Lipinski definition) is 2. The third-order valence-electron chi connectivity index (χ3n) is 3.78. The Morgan fingerprint density at radius 2 is 2.36 bits per heavy atom. The van der Waals surface area contributed by atoms with Crippen LogP contribution >= 0.6 is 24.0 Å². The lowest BCUT2D eigenvalue weighted by Crippen LogP contribution is -2.39. The highest BCUT2D eigenvalue weighted by molar-refractivity contribution is 14.0. The third kappa shape index (κ3) is 9.41. The van der Waals surface area contributed by atoms with Crippen LogP contribution in [0, 0.1) is 6.92 Å². The van der Waals surface area contributed by atoms with Crippen molar-refractivity contribution in [1.29, 1.82) is 0 Å². The van der Waals surface area contributed by atoms with Gasteiger partial charge in [0.25, 0.3) is 0 Å². The van der Waals surface area contributed by atoms with Gasteiger partial charge in [0.2, 0.25) is 0 Å². The fourth-order valence-corrected chi connectivity index (χ4v) is 2.57. The molecule has 1 saturated heterocycles. The van der Waals surface area contributed by atoms with Crippen molar-refractivity contribution in [2.45, 2.75) is 45.8 Å². The Labute approximate surface area is 168 Å². The van der Waals surface area contributed by atoms with Crippen LogP contribution in [0.25, 0.3) is 0 Å². The van der Waals surface area contributed by atoms with Gasteiger partial charge in [-0.05, 0) is 38.7 Å². The van der Waals surface area contributed by atoms with Gasteiger partial charge in [0, 0.05) is 39.0 Å². The molecule has 0 spiro atoms. The van der Waals surface area contributed by atoms with Gasteiger partial charge in [0.15, 0.2) is 5.96 Å². The molecular weight excluding hydrogens is 433 g/mol. The maximum absolute atomic E-state index is 5.65. The minimum Gasteiger partial charge on any atom is -0.379 e. The van der Waals surface area contributed by atoms with E-state index in [4.69, 9.17) is 9.47 Å². The summed E-state index contributed by atoms with van der Waals surface area (Å²) in [6.45, 7) is 9.66. The van der Waals surface area contributed by atoms with Crippen molar-refractivity contribution in [3.8, 4) is 0 Å². The molecule has 1 aliphatic rings. The van der Waals surface area contributed by atoms with Crippen molar-refractivity contribution in [1.82, 2.24) is 20.4 Å². The van der Waals surface area contributed by atoms with Crippen LogP contribution in [-0.2, 0) is 16.0 Å². The molecule has 0 radical (unpaired) electrons. The van der Waals surface area contributed by atoms with Gasteiger partial charge in [-0.2, -0.15) is 5.10 Å². The molecule has 0 amide bonds. The fourth-order valence-electron chi connectivity index (χ4n) is 2.57. The van der Waals surface area contributed by atoms with Crippen molar-refractivity contribution in [2.24, 2.45) is 4.99 Å². The number of nitrogens with one attached hydrogen (secondary N) is 2. The van der Waals surface area contributed by atoms with E-state index in [2.05, 4.69) is 27.6 Å². The molecule has 0 aliphatic carbocycles. The number of guanidine groups is 1. The normalized spacial score (nSPS) is 17.4. The molecule has 1 aromatic heterocycles. The maximum Gasteiger partial charge on any atom is 0.191 e. The van der Waals surface area contributed by atoms with Gasteiger partial charge in [0.1, 0.15) is 0 Å². The Morgan fingerprint density at radius 3 is 3.04 bits per heavy atom. The minimum atomic E-state index is 0. The molecule has 1 aliphatic heterocycles. The van der Waals surface area contributed by atoms with Gasteiger partial charge in [0.05, 0.1) is 25.5 Å². The highest BCUT2D eigenvalue weighted by Crippen LogP contribution is 2.11. The summed E-state index contributed by atoms with van der Waals surface area (Å²) < 4.78 is 13.1. The van der Waals surface area contributed by atoms with E-state index < -0.39 is 0 Å².